The van der Waals surface area contributed by atoms with E-state index >= 15 is 0 Å². The topological polar surface area (TPSA) is 85.6 Å². The molecule has 0 aliphatic carbocycles. The number of rotatable bonds is 8. The summed E-state index contributed by atoms with van der Waals surface area (Å²) < 4.78 is 12.9. The van der Waals surface area contributed by atoms with E-state index in [2.05, 4.69) is 25.8 Å². The number of aliphatic imine (C=N–C) groups is 1. The van der Waals surface area contributed by atoms with Gasteiger partial charge in [-0.2, -0.15) is 0 Å². The van der Waals surface area contributed by atoms with Gasteiger partial charge in [-0.25, -0.2) is 4.99 Å². The van der Waals surface area contributed by atoms with Crippen LogP contribution in [0.1, 0.15) is 19.7 Å². The molecule has 1 heterocycles. The lowest BCUT2D eigenvalue weighted by Crippen LogP contribution is -2.30. The number of aromatic nitrogens is 3. The third-order valence-corrected chi connectivity index (χ3v) is 4.10. The van der Waals surface area contributed by atoms with Crippen LogP contribution in [0.3, 0.4) is 0 Å². The van der Waals surface area contributed by atoms with Gasteiger partial charge < -0.3 is 20.1 Å². The first-order chi connectivity index (χ1) is 14.2. The predicted molar refractivity (Wildman–Crippen MR) is 114 cm³/mol. The summed E-state index contributed by atoms with van der Waals surface area (Å²) >= 11 is 0. The van der Waals surface area contributed by atoms with Crippen molar-refractivity contribution >= 4 is 11.6 Å². The highest BCUT2D eigenvalue weighted by atomic mass is 16.5. The Bertz CT molecular complexity index is 939. The molecule has 3 rings (SSSR count). The second-order valence-corrected chi connectivity index (χ2v) is 6.07. The summed E-state index contributed by atoms with van der Waals surface area (Å²) in [6, 6.07) is 15.6. The standard InChI is InChI=1S/C21H26N6O2/c1-4-22-21(25-16-11-12-18(28-3)19(13-16)29-5-2)23-14-20-26-24-15-27(20)17-9-7-6-8-10-17/h6-13,15H,4-5,14H2,1-3H3,(H2,22,23,25). The molecular weight excluding hydrogens is 368 g/mol. The van der Waals surface area contributed by atoms with E-state index in [-0.39, 0.29) is 0 Å². The molecule has 0 aliphatic rings. The number of para-hydroxylation sites is 1. The fraction of sp³-hybridized carbons (Fsp3) is 0.286. The quantitative estimate of drug-likeness (QED) is 0.451. The van der Waals surface area contributed by atoms with Crippen LogP contribution >= 0.6 is 0 Å². The predicted octanol–water partition coefficient (Wildman–Crippen LogP) is 3.25. The molecule has 0 atom stereocenters. The third kappa shape index (κ3) is 5.25. The number of nitrogens with one attached hydrogen (secondary N) is 2. The highest BCUT2D eigenvalue weighted by Crippen LogP contribution is 2.30. The van der Waals surface area contributed by atoms with Crippen molar-refractivity contribution in [1.82, 2.24) is 20.1 Å². The summed E-state index contributed by atoms with van der Waals surface area (Å²) in [5, 5.41) is 14.8. The van der Waals surface area contributed by atoms with E-state index in [1.165, 1.54) is 0 Å². The van der Waals surface area contributed by atoms with Crippen LogP contribution in [0.25, 0.3) is 5.69 Å². The smallest absolute Gasteiger partial charge is 0.196 e. The molecule has 3 aromatic rings. The Balaban J connectivity index is 1.78. The summed E-state index contributed by atoms with van der Waals surface area (Å²) in [6.45, 7) is 5.62. The van der Waals surface area contributed by atoms with Crippen LogP contribution in [-0.2, 0) is 6.54 Å². The van der Waals surface area contributed by atoms with E-state index in [1.54, 1.807) is 13.4 Å². The summed E-state index contributed by atoms with van der Waals surface area (Å²) in [4.78, 5) is 4.65. The molecule has 0 spiro atoms. The van der Waals surface area contributed by atoms with E-state index in [0.717, 1.165) is 23.7 Å². The number of hydrogen-bond acceptors (Lipinski definition) is 5. The monoisotopic (exact) mass is 394 g/mol. The summed E-state index contributed by atoms with van der Waals surface area (Å²) in [6.07, 6.45) is 1.69. The van der Waals surface area contributed by atoms with Gasteiger partial charge >= 0.3 is 0 Å². The number of benzene rings is 2. The molecule has 29 heavy (non-hydrogen) atoms. The van der Waals surface area contributed by atoms with Crippen LogP contribution in [0.2, 0.25) is 0 Å². The van der Waals surface area contributed by atoms with Crippen molar-refractivity contribution in [3.05, 3.63) is 60.7 Å². The van der Waals surface area contributed by atoms with E-state index in [9.17, 15) is 0 Å². The lowest BCUT2D eigenvalue weighted by atomic mass is 10.2. The van der Waals surface area contributed by atoms with Crippen molar-refractivity contribution in [1.29, 1.82) is 0 Å². The number of ether oxygens (including phenoxy) is 2. The molecule has 2 N–H and O–H groups in total. The van der Waals surface area contributed by atoms with Gasteiger partial charge in [-0.15, -0.1) is 10.2 Å². The van der Waals surface area contributed by atoms with Crippen molar-refractivity contribution in [3.8, 4) is 17.2 Å². The zero-order chi connectivity index (χ0) is 20.5. The van der Waals surface area contributed by atoms with Crippen LogP contribution in [0.15, 0.2) is 59.9 Å². The Morgan fingerprint density at radius 1 is 1.10 bits per heavy atom. The Morgan fingerprint density at radius 3 is 2.66 bits per heavy atom. The van der Waals surface area contributed by atoms with Crippen molar-refractivity contribution < 1.29 is 9.47 Å². The average Bonchev–Trinajstić information content (AvgIpc) is 3.22. The first kappa shape index (κ1) is 20.2. The molecule has 0 fully saturated rings. The first-order valence-corrected chi connectivity index (χ1v) is 9.55. The second kappa shape index (κ2) is 10.1. The van der Waals surface area contributed by atoms with Gasteiger partial charge in [-0.1, -0.05) is 18.2 Å². The summed E-state index contributed by atoms with van der Waals surface area (Å²) in [5.41, 5.74) is 1.84. The molecule has 0 saturated carbocycles. The lowest BCUT2D eigenvalue weighted by molar-refractivity contribution is 0.311. The summed E-state index contributed by atoms with van der Waals surface area (Å²) in [7, 11) is 1.62. The van der Waals surface area contributed by atoms with Crippen LogP contribution in [-0.4, -0.2) is 41.0 Å². The maximum Gasteiger partial charge on any atom is 0.196 e. The molecule has 0 saturated heterocycles. The van der Waals surface area contributed by atoms with Gasteiger partial charge in [0, 0.05) is 24.0 Å². The maximum atomic E-state index is 5.65. The normalized spacial score (nSPS) is 11.2. The number of methoxy groups -OCH3 is 1. The highest BCUT2D eigenvalue weighted by Gasteiger charge is 2.09. The van der Waals surface area contributed by atoms with Crippen molar-refractivity contribution in [3.63, 3.8) is 0 Å². The van der Waals surface area contributed by atoms with E-state index in [1.807, 2.05) is 66.9 Å². The zero-order valence-electron chi connectivity index (χ0n) is 16.9. The molecule has 1 aromatic heterocycles. The molecule has 0 aliphatic heterocycles. The molecule has 0 amide bonds. The highest BCUT2D eigenvalue weighted by molar-refractivity contribution is 5.93. The molecular formula is C21H26N6O2. The fourth-order valence-electron chi connectivity index (χ4n) is 2.79. The zero-order valence-corrected chi connectivity index (χ0v) is 16.9. The molecule has 0 radical (unpaired) electrons. The van der Waals surface area contributed by atoms with Gasteiger partial charge in [0.25, 0.3) is 0 Å². The van der Waals surface area contributed by atoms with Gasteiger partial charge in [0.15, 0.2) is 23.3 Å². The minimum atomic E-state index is 0.374. The van der Waals surface area contributed by atoms with Crippen molar-refractivity contribution in [2.75, 3.05) is 25.6 Å². The Morgan fingerprint density at radius 2 is 1.93 bits per heavy atom. The minimum absolute atomic E-state index is 0.374. The van der Waals surface area contributed by atoms with Crippen molar-refractivity contribution in [2.24, 2.45) is 4.99 Å². The molecule has 2 aromatic carbocycles. The van der Waals surface area contributed by atoms with Crippen LogP contribution in [0, 0.1) is 0 Å². The number of guanidine groups is 1. The van der Waals surface area contributed by atoms with Gasteiger partial charge in [0.1, 0.15) is 12.9 Å². The summed E-state index contributed by atoms with van der Waals surface area (Å²) in [5.74, 6) is 2.76. The van der Waals surface area contributed by atoms with Gasteiger partial charge in [0.05, 0.1) is 13.7 Å². The van der Waals surface area contributed by atoms with Gasteiger partial charge in [-0.3, -0.25) is 4.57 Å². The SMILES string of the molecule is CCNC(=NCc1nncn1-c1ccccc1)Nc1ccc(OC)c(OCC)c1. The van der Waals surface area contributed by atoms with Crippen LogP contribution in [0.5, 0.6) is 11.5 Å². The second-order valence-electron chi connectivity index (χ2n) is 6.07. The number of anilines is 1. The third-order valence-electron chi connectivity index (χ3n) is 4.10. The van der Waals surface area contributed by atoms with Crippen LogP contribution in [0.4, 0.5) is 5.69 Å². The van der Waals surface area contributed by atoms with Gasteiger partial charge in [-0.05, 0) is 38.1 Å². The van der Waals surface area contributed by atoms with E-state index < -0.39 is 0 Å². The molecule has 0 bridgehead atoms. The Labute approximate surface area is 170 Å². The molecule has 152 valence electrons. The van der Waals surface area contributed by atoms with Crippen molar-refractivity contribution in [2.45, 2.75) is 20.4 Å². The Hall–Kier alpha value is -3.55. The minimum Gasteiger partial charge on any atom is -0.493 e. The maximum absolute atomic E-state index is 5.65. The first-order valence-electron chi connectivity index (χ1n) is 9.55. The largest absolute Gasteiger partial charge is 0.493 e. The van der Waals surface area contributed by atoms with Crippen LogP contribution < -0.4 is 20.1 Å². The van der Waals surface area contributed by atoms with E-state index in [0.29, 0.717) is 30.6 Å². The number of hydrogen-bond donors (Lipinski definition) is 2. The molecule has 8 heteroatoms. The molecule has 0 unspecified atom stereocenters. The van der Waals surface area contributed by atoms with E-state index in [4.69, 9.17) is 9.47 Å². The average molecular weight is 394 g/mol. The Kier molecular flexibility index (Phi) is 7.05. The fourth-order valence-corrected chi connectivity index (χ4v) is 2.79. The van der Waals surface area contributed by atoms with Gasteiger partial charge in [0.2, 0.25) is 0 Å². The molecule has 8 nitrogen and oxygen atoms in total. The lowest BCUT2D eigenvalue weighted by Gasteiger charge is -2.14. The number of nitrogens with zero attached hydrogens (tertiary/aromatic N) is 4.